The van der Waals surface area contributed by atoms with Crippen LogP contribution in [0.3, 0.4) is 0 Å². The molecule has 2 rings (SSSR count). The Balaban J connectivity index is 1.76. The molecule has 0 radical (unpaired) electrons. The molecule has 0 aromatic rings. The molecule has 2 aliphatic rings. The summed E-state index contributed by atoms with van der Waals surface area (Å²) < 4.78 is 0. The van der Waals surface area contributed by atoms with E-state index in [0.717, 1.165) is 45.6 Å². The first-order valence-electron chi connectivity index (χ1n) is 5.72. The number of hydrogen-bond acceptors (Lipinski definition) is 4. The summed E-state index contributed by atoms with van der Waals surface area (Å²) in [6, 6.07) is 0. The van der Waals surface area contributed by atoms with Crippen molar-refractivity contribution in [3.05, 3.63) is 0 Å². The van der Waals surface area contributed by atoms with Crippen molar-refractivity contribution in [2.45, 2.75) is 12.8 Å². The van der Waals surface area contributed by atoms with E-state index in [4.69, 9.17) is 4.84 Å². The Kier molecular flexibility index (Phi) is 3.94. The fraction of sp³-hybridized carbons (Fsp3) is 0.900. The first-order valence-corrected chi connectivity index (χ1v) is 5.72. The van der Waals surface area contributed by atoms with Crippen LogP contribution in [0.2, 0.25) is 0 Å². The van der Waals surface area contributed by atoms with Crippen molar-refractivity contribution in [2.75, 3.05) is 45.9 Å². The first-order chi connectivity index (χ1) is 7.36. The van der Waals surface area contributed by atoms with Gasteiger partial charge in [-0.3, -0.25) is 14.5 Å². The SMILES string of the molecule is O=C(CN1CCCNCC1)N1CCCO1. The third-order valence-corrected chi connectivity index (χ3v) is 2.82. The topological polar surface area (TPSA) is 44.8 Å². The minimum Gasteiger partial charge on any atom is -0.315 e. The molecule has 2 heterocycles. The molecule has 0 aliphatic carbocycles. The predicted octanol–water partition coefficient (Wildman–Crippen LogP) is -0.554. The Hall–Kier alpha value is -0.650. The van der Waals surface area contributed by atoms with E-state index in [1.165, 1.54) is 5.06 Å². The van der Waals surface area contributed by atoms with E-state index in [2.05, 4.69) is 10.2 Å². The summed E-state index contributed by atoms with van der Waals surface area (Å²) in [5.74, 6) is 0.106. The van der Waals surface area contributed by atoms with E-state index in [0.29, 0.717) is 13.2 Å². The van der Waals surface area contributed by atoms with Crippen LogP contribution in [-0.2, 0) is 9.63 Å². The van der Waals surface area contributed by atoms with Crippen LogP contribution in [0.1, 0.15) is 12.8 Å². The number of nitrogens with zero attached hydrogens (tertiary/aromatic N) is 2. The fourth-order valence-electron chi connectivity index (χ4n) is 1.97. The molecule has 0 aromatic heterocycles. The van der Waals surface area contributed by atoms with Gasteiger partial charge in [0, 0.05) is 13.1 Å². The molecule has 0 unspecified atom stereocenters. The average Bonchev–Trinajstić information content (AvgIpc) is 2.65. The van der Waals surface area contributed by atoms with Gasteiger partial charge < -0.3 is 5.32 Å². The van der Waals surface area contributed by atoms with E-state index in [1.807, 2.05) is 0 Å². The molecule has 5 nitrogen and oxygen atoms in total. The third kappa shape index (κ3) is 3.15. The lowest BCUT2D eigenvalue weighted by Gasteiger charge is -2.21. The molecule has 0 saturated carbocycles. The third-order valence-electron chi connectivity index (χ3n) is 2.82. The normalized spacial score (nSPS) is 24.1. The van der Waals surface area contributed by atoms with Crippen molar-refractivity contribution < 1.29 is 9.63 Å². The van der Waals surface area contributed by atoms with Crippen molar-refractivity contribution >= 4 is 5.91 Å². The van der Waals surface area contributed by atoms with Gasteiger partial charge in [-0.25, -0.2) is 5.06 Å². The molecule has 2 aliphatic heterocycles. The summed E-state index contributed by atoms with van der Waals surface area (Å²) in [4.78, 5) is 19.2. The maximum atomic E-state index is 11.8. The molecule has 0 spiro atoms. The van der Waals surface area contributed by atoms with Crippen LogP contribution >= 0.6 is 0 Å². The van der Waals surface area contributed by atoms with E-state index < -0.39 is 0 Å². The summed E-state index contributed by atoms with van der Waals surface area (Å²) in [6.45, 7) is 5.95. The lowest BCUT2D eigenvalue weighted by molar-refractivity contribution is -0.169. The maximum Gasteiger partial charge on any atom is 0.260 e. The molecular weight excluding hydrogens is 194 g/mol. The molecule has 5 heteroatoms. The van der Waals surface area contributed by atoms with Crippen molar-refractivity contribution in [3.8, 4) is 0 Å². The zero-order valence-corrected chi connectivity index (χ0v) is 9.07. The number of hydrogen-bond donors (Lipinski definition) is 1. The van der Waals surface area contributed by atoms with Gasteiger partial charge >= 0.3 is 0 Å². The molecule has 1 amide bonds. The highest BCUT2D eigenvalue weighted by molar-refractivity contribution is 5.77. The van der Waals surface area contributed by atoms with Crippen LogP contribution in [0.5, 0.6) is 0 Å². The minimum atomic E-state index is 0.106. The number of carbonyl (C=O) groups excluding carboxylic acids is 1. The van der Waals surface area contributed by atoms with Crippen molar-refractivity contribution in [1.82, 2.24) is 15.3 Å². The molecular formula is C10H19N3O2. The second-order valence-corrected chi connectivity index (χ2v) is 4.06. The van der Waals surface area contributed by atoms with Crippen molar-refractivity contribution in [3.63, 3.8) is 0 Å². The predicted molar refractivity (Wildman–Crippen MR) is 56.2 cm³/mol. The molecule has 0 aromatic carbocycles. The highest BCUT2D eigenvalue weighted by Gasteiger charge is 2.21. The van der Waals surface area contributed by atoms with Crippen LogP contribution in [0.15, 0.2) is 0 Å². The quantitative estimate of drug-likeness (QED) is 0.668. The Labute approximate surface area is 90.3 Å². The molecule has 0 bridgehead atoms. The fourth-order valence-corrected chi connectivity index (χ4v) is 1.97. The Morgan fingerprint density at radius 1 is 1.20 bits per heavy atom. The summed E-state index contributed by atoms with van der Waals surface area (Å²) in [6.07, 6.45) is 2.08. The molecule has 86 valence electrons. The van der Waals surface area contributed by atoms with E-state index in [9.17, 15) is 4.79 Å². The van der Waals surface area contributed by atoms with Crippen LogP contribution < -0.4 is 5.32 Å². The largest absolute Gasteiger partial charge is 0.315 e. The van der Waals surface area contributed by atoms with Gasteiger partial charge in [0.2, 0.25) is 0 Å². The van der Waals surface area contributed by atoms with E-state index >= 15 is 0 Å². The average molecular weight is 213 g/mol. The Bertz CT molecular complexity index is 209. The van der Waals surface area contributed by atoms with Gasteiger partial charge in [0.25, 0.3) is 5.91 Å². The minimum absolute atomic E-state index is 0.106. The van der Waals surface area contributed by atoms with Crippen LogP contribution in [0.4, 0.5) is 0 Å². The number of carbonyl (C=O) groups is 1. The van der Waals surface area contributed by atoms with Gasteiger partial charge in [0.1, 0.15) is 0 Å². The molecule has 1 N–H and O–H groups in total. The molecule has 2 saturated heterocycles. The molecule has 2 fully saturated rings. The van der Waals surface area contributed by atoms with Gasteiger partial charge in [0.15, 0.2) is 0 Å². The lowest BCUT2D eigenvalue weighted by atomic mass is 10.3. The summed E-state index contributed by atoms with van der Waals surface area (Å²) in [5.41, 5.74) is 0. The maximum absolute atomic E-state index is 11.8. The van der Waals surface area contributed by atoms with Crippen LogP contribution in [0.25, 0.3) is 0 Å². The monoisotopic (exact) mass is 213 g/mol. The second-order valence-electron chi connectivity index (χ2n) is 4.06. The number of hydroxylamine groups is 2. The highest BCUT2D eigenvalue weighted by atomic mass is 16.7. The summed E-state index contributed by atoms with van der Waals surface area (Å²) >= 11 is 0. The number of amides is 1. The summed E-state index contributed by atoms with van der Waals surface area (Å²) in [5, 5.41) is 4.83. The Morgan fingerprint density at radius 2 is 2.13 bits per heavy atom. The zero-order chi connectivity index (χ0) is 10.5. The van der Waals surface area contributed by atoms with Gasteiger partial charge in [0.05, 0.1) is 19.7 Å². The van der Waals surface area contributed by atoms with Gasteiger partial charge in [-0.15, -0.1) is 0 Å². The smallest absolute Gasteiger partial charge is 0.260 e. The second kappa shape index (κ2) is 5.44. The van der Waals surface area contributed by atoms with E-state index in [-0.39, 0.29) is 5.91 Å². The van der Waals surface area contributed by atoms with Crippen molar-refractivity contribution in [2.24, 2.45) is 0 Å². The van der Waals surface area contributed by atoms with Crippen LogP contribution in [-0.4, -0.2) is 61.7 Å². The van der Waals surface area contributed by atoms with Crippen LogP contribution in [0, 0.1) is 0 Å². The first kappa shape index (κ1) is 10.9. The van der Waals surface area contributed by atoms with Crippen molar-refractivity contribution in [1.29, 1.82) is 0 Å². The van der Waals surface area contributed by atoms with Gasteiger partial charge in [-0.05, 0) is 25.9 Å². The standard InChI is InChI=1S/C10H19N3O2/c14-10(13-6-2-8-15-13)9-12-5-1-3-11-4-7-12/h11H,1-9H2. The molecule has 15 heavy (non-hydrogen) atoms. The highest BCUT2D eigenvalue weighted by Crippen LogP contribution is 2.05. The van der Waals surface area contributed by atoms with Gasteiger partial charge in [-0.1, -0.05) is 0 Å². The van der Waals surface area contributed by atoms with Gasteiger partial charge in [-0.2, -0.15) is 0 Å². The lowest BCUT2D eigenvalue weighted by Crippen LogP contribution is -2.39. The number of rotatable bonds is 2. The number of nitrogens with one attached hydrogen (secondary N) is 1. The summed E-state index contributed by atoms with van der Waals surface area (Å²) in [7, 11) is 0. The van der Waals surface area contributed by atoms with E-state index in [1.54, 1.807) is 0 Å². The molecule has 0 atom stereocenters. The zero-order valence-electron chi connectivity index (χ0n) is 9.07. The Morgan fingerprint density at radius 3 is 2.93 bits per heavy atom.